The molecule has 100 valence electrons. The first-order chi connectivity index (χ1) is 9.81. The van der Waals surface area contributed by atoms with Gasteiger partial charge in [-0.25, -0.2) is 15.1 Å². The molecule has 0 radical (unpaired) electrons. The molecule has 6 nitrogen and oxygen atoms in total. The molecule has 0 bridgehead atoms. The summed E-state index contributed by atoms with van der Waals surface area (Å²) in [6.45, 7) is 0. The van der Waals surface area contributed by atoms with Crippen LogP contribution in [0.2, 0.25) is 0 Å². The van der Waals surface area contributed by atoms with Crippen LogP contribution in [0.4, 0.5) is 5.82 Å². The third-order valence-corrected chi connectivity index (χ3v) is 3.32. The molecule has 0 spiro atoms. The Morgan fingerprint density at radius 1 is 1.15 bits per heavy atom. The van der Waals surface area contributed by atoms with Gasteiger partial charge in [0.2, 0.25) is 5.88 Å². The van der Waals surface area contributed by atoms with Crippen molar-refractivity contribution < 1.29 is 4.74 Å². The smallest absolute Gasteiger partial charge is 0.215 e. The minimum Gasteiger partial charge on any atom is -0.436 e. The molecule has 0 unspecified atom stereocenters. The number of ether oxygens (including phenoxy) is 1. The van der Waals surface area contributed by atoms with Gasteiger partial charge in [0, 0.05) is 29.4 Å². The van der Waals surface area contributed by atoms with E-state index in [0.717, 1.165) is 9.92 Å². The Hall–Kier alpha value is -2.54. The lowest BCUT2D eigenvalue weighted by Gasteiger charge is -2.07. The summed E-state index contributed by atoms with van der Waals surface area (Å²) >= 11 is 1.49. The number of aromatic amines is 1. The largest absolute Gasteiger partial charge is 0.436 e. The fourth-order valence-corrected chi connectivity index (χ4v) is 2.29. The molecule has 3 N–H and O–H groups in total. The normalized spacial score (nSPS) is 10.4. The van der Waals surface area contributed by atoms with Gasteiger partial charge in [-0.2, -0.15) is 5.10 Å². The fraction of sp³-hybridized carbons (Fsp3) is 0. The van der Waals surface area contributed by atoms with Crippen molar-refractivity contribution in [3.8, 4) is 11.6 Å². The second-order valence-corrected chi connectivity index (χ2v) is 4.94. The molecule has 0 atom stereocenters. The second kappa shape index (κ2) is 5.62. The van der Waals surface area contributed by atoms with E-state index in [2.05, 4.69) is 20.2 Å². The predicted octanol–water partition coefficient (Wildman–Crippen LogP) is 2.73. The highest BCUT2D eigenvalue weighted by atomic mass is 32.2. The van der Waals surface area contributed by atoms with Crippen molar-refractivity contribution in [1.29, 1.82) is 0 Å². The molecule has 0 amide bonds. The lowest BCUT2D eigenvalue weighted by Crippen LogP contribution is -1.96. The maximum Gasteiger partial charge on any atom is 0.215 e. The number of hydrogen-bond donors (Lipinski definition) is 2. The quantitative estimate of drug-likeness (QED) is 0.766. The minimum atomic E-state index is 0.324. The average molecular weight is 285 g/mol. The summed E-state index contributed by atoms with van der Waals surface area (Å²) in [5.41, 5.74) is 5.80. The SMILES string of the molecule is Nc1ncc(Sc2ccccn2)cc1Oc1ccn[nH]1. The number of hydrogen-bond acceptors (Lipinski definition) is 6. The summed E-state index contributed by atoms with van der Waals surface area (Å²) in [4.78, 5) is 9.27. The van der Waals surface area contributed by atoms with Gasteiger partial charge in [-0.3, -0.25) is 0 Å². The first-order valence-corrected chi connectivity index (χ1v) is 6.64. The second-order valence-electron chi connectivity index (χ2n) is 3.85. The van der Waals surface area contributed by atoms with Crippen molar-refractivity contribution in [3.63, 3.8) is 0 Å². The lowest BCUT2D eigenvalue weighted by atomic mass is 10.4. The van der Waals surface area contributed by atoms with E-state index in [9.17, 15) is 0 Å². The van der Waals surface area contributed by atoms with Crippen LogP contribution >= 0.6 is 11.8 Å². The molecular weight excluding hydrogens is 274 g/mol. The summed E-state index contributed by atoms with van der Waals surface area (Å²) < 4.78 is 5.59. The monoisotopic (exact) mass is 285 g/mol. The van der Waals surface area contributed by atoms with E-state index >= 15 is 0 Å². The number of H-pyrrole nitrogens is 1. The zero-order valence-electron chi connectivity index (χ0n) is 10.4. The molecule has 3 aromatic rings. The maximum atomic E-state index is 5.80. The molecule has 0 saturated carbocycles. The van der Waals surface area contributed by atoms with Crippen LogP contribution in [-0.4, -0.2) is 20.2 Å². The molecule has 0 aliphatic carbocycles. The van der Waals surface area contributed by atoms with Gasteiger partial charge in [-0.05, 0) is 12.1 Å². The number of nitrogens with one attached hydrogen (secondary N) is 1. The molecule has 7 heteroatoms. The van der Waals surface area contributed by atoms with E-state index in [1.54, 1.807) is 24.7 Å². The maximum absolute atomic E-state index is 5.80. The van der Waals surface area contributed by atoms with Gasteiger partial charge in [0.25, 0.3) is 0 Å². The number of nitrogen functional groups attached to an aromatic ring is 1. The molecule has 0 saturated heterocycles. The number of nitrogens with two attached hydrogens (primary N) is 1. The molecular formula is C13H11N5OS. The molecule has 0 aliphatic heterocycles. The van der Waals surface area contributed by atoms with Gasteiger partial charge in [-0.15, -0.1) is 0 Å². The zero-order valence-corrected chi connectivity index (χ0v) is 11.2. The van der Waals surface area contributed by atoms with Crippen LogP contribution in [-0.2, 0) is 0 Å². The molecule has 20 heavy (non-hydrogen) atoms. The highest BCUT2D eigenvalue weighted by Crippen LogP contribution is 2.32. The number of nitrogens with zero attached hydrogens (tertiary/aromatic N) is 3. The van der Waals surface area contributed by atoms with Crippen LogP contribution in [0.15, 0.2) is 58.8 Å². The van der Waals surface area contributed by atoms with E-state index in [0.29, 0.717) is 17.4 Å². The number of pyridine rings is 2. The Morgan fingerprint density at radius 3 is 2.85 bits per heavy atom. The Bertz CT molecular complexity index is 687. The Balaban J connectivity index is 1.83. The molecule has 3 aromatic heterocycles. The Morgan fingerprint density at radius 2 is 2.10 bits per heavy atom. The topological polar surface area (TPSA) is 89.7 Å². The van der Waals surface area contributed by atoms with Crippen LogP contribution < -0.4 is 10.5 Å². The van der Waals surface area contributed by atoms with Gasteiger partial charge in [0.05, 0.1) is 6.20 Å². The van der Waals surface area contributed by atoms with Gasteiger partial charge in [0.15, 0.2) is 11.6 Å². The third kappa shape index (κ3) is 2.89. The van der Waals surface area contributed by atoms with Crippen molar-refractivity contribution in [1.82, 2.24) is 20.2 Å². The van der Waals surface area contributed by atoms with E-state index < -0.39 is 0 Å². The van der Waals surface area contributed by atoms with Crippen molar-refractivity contribution in [3.05, 3.63) is 48.9 Å². The summed E-state index contributed by atoms with van der Waals surface area (Å²) in [5.74, 6) is 1.32. The first-order valence-electron chi connectivity index (χ1n) is 5.83. The van der Waals surface area contributed by atoms with Crippen molar-refractivity contribution in [2.24, 2.45) is 0 Å². The highest BCUT2D eigenvalue weighted by Gasteiger charge is 2.07. The number of anilines is 1. The summed E-state index contributed by atoms with van der Waals surface area (Å²) in [6.07, 6.45) is 5.04. The summed E-state index contributed by atoms with van der Waals surface area (Å²) in [7, 11) is 0. The number of aromatic nitrogens is 4. The average Bonchev–Trinajstić information content (AvgIpc) is 2.97. The predicted molar refractivity (Wildman–Crippen MR) is 75.7 cm³/mol. The zero-order chi connectivity index (χ0) is 13.8. The number of rotatable bonds is 4. The lowest BCUT2D eigenvalue weighted by molar-refractivity contribution is 0.460. The van der Waals surface area contributed by atoms with Crippen molar-refractivity contribution in [2.45, 2.75) is 9.92 Å². The van der Waals surface area contributed by atoms with Crippen LogP contribution in [0.5, 0.6) is 11.6 Å². The minimum absolute atomic E-state index is 0.324. The molecule has 0 fully saturated rings. The Labute approximate surface area is 119 Å². The molecule has 0 aromatic carbocycles. The van der Waals surface area contributed by atoms with E-state index in [1.807, 2.05) is 24.3 Å². The summed E-state index contributed by atoms with van der Waals surface area (Å²) in [5, 5.41) is 7.40. The standard InChI is InChI=1S/C13H11N5OS/c14-13-10(19-11-4-6-17-18-11)7-9(8-16-13)20-12-3-1-2-5-15-12/h1-8H,(H2,14,16)(H,17,18). The van der Waals surface area contributed by atoms with Crippen molar-refractivity contribution in [2.75, 3.05) is 5.73 Å². The third-order valence-electron chi connectivity index (χ3n) is 2.41. The van der Waals surface area contributed by atoms with E-state index in [4.69, 9.17) is 10.5 Å². The van der Waals surface area contributed by atoms with E-state index in [-0.39, 0.29) is 0 Å². The van der Waals surface area contributed by atoms with Gasteiger partial charge in [-0.1, -0.05) is 17.8 Å². The van der Waals surface area contributed by atoms with Gasteiger partial charge < -0.3 is 10.5 Å². The van der Waals surface area contributed by atoms with Crippen LogP contribution in [0, 0.1) is 0 Å². The highest BCUT2D eigenvalue weighted by molar-refractivity contribution is 7.99. The first kappa shape index (κ1) is 12.5. The molecule has 3 heterocycles. The Kier molecular flexibility index (Phi) is 3.51. The summed E-state index contributed by atoms with van der Waals surface area (Å²) in [6, 6.07) is 9.26. The van der Waals surface area contributed by atoms with E-state index in [1.165, 1.54) is 11.8 Å². The molecule has 3 rings (SSSR count). The fourth-order valence-electron chi connectivity index (χ4n) is 1.52. The van der Waals surface area contributed by atoms with Crippen LogP contribution in [0.25, 0.3) is 0 Å². The molecule has 0 aliphatic rings. The van der Waals surface area contributed by atoms with Crippen LogP contribution in [0.1, 0.15) is 0 Å². The van der Waals surface area contributed by atoms with Gasteiger partial charge >= 0.3 is 0 Å². The van der Waals surface area contributed by atoms with Crippen LogP contribution in [0.3, 0.4) is 0 Å². The van der Waals surface area contributed by atoms with Crippen molar-refractivity contribution >= 4 is 17.6 Å². The van der Waals surface area contributed by atoms with Gasteiger partial charge in [0.1, 0.15) is 5.03 Å².